The molecule has 0 aromatic heterocycles. The van der Waals surface area contributed by atoms with Crippen molar-refractivity contribution in [1.29, 1.82) is 0 Å². The number of benzene rings is 1. The second kappa shape index (κ2) is 5.73. The predicted octanol–water partition coefficient (Wildman–Crippen LogP) is 1.44. The van der Waals surface area contributed by atoms with E-state index in [-0.39, 0.29) is 12.4 Å². The number of hydrogen-bond donors (Lipinski definition) is 1. The largest absolute Gasteiger partial charge is 0.497 e. The maximum atomic E-state index is 11.4. The number of carbonyl (C=O) groups is 1. The van der Waals surface area contributed by atoms with Crippen LogP contribution in [0, 0.1) is 0 Å². The van der Waals surface area contributed by atoms with Crippen LogP contribution in [0.4, 0.5) is 0 Å². The highest BCUT2D eigenvalue weighted by molar-refractivity contribution is 5.71. The summed E-state index contributed by atoms with van der Waals surface area (Å²) < 4.78 is 15.0. The summed E-state index contributed by atoms with van der Waals surface area (Å²) in [6.45, 7) is 1.76. The van der Waals surface area contributed by atoms with Gasteiger partial charge in [-0.3, -0.25) is 4.79 Å². The molecule has 0 aliphatic carbocycles. The maximum absolute atomic E-state index is 11.4. The van der Waals surface area contributed by atoms with Crippen molar-refractivity contribution in [1.82, 2.24) is 0 Å². The van der Waals surface area contributed by atoms with E-state index in [0.29, 0.717) is 11.5 Å². The Balaban J connectivity index is 3.10. The zero-order valence-electron chi connectivity index (χ0n) is 11.1. The highest BCUT2D eigenvalue weighted by Crippen LogP contribution is 2.33. The lowest BCUT2D eigenvalue weighted by Crippen LogP contribution is -2.36. The lowest BCUT2D eigenvalue weighted by Gasteiger charge is -2.26. The summed E-state index contributed by atoms with van der Waals surface area (Å²) >= 11 is 0. The van der Waals surface area contributed by atoms with Crippen molar-refractivity contribution in [3.8, 4) is 11.5 Å². The minimum absolute atomic E-state index is 0.0756. The van der Waals surface area contributed by atoms with Gasteiger partial charge in [0.1, 0.15) is 11.5 Å². The highest BCUT2D eigenvalue weighted by atomic mass is 16.5. The number of hydrogen-bond acceptors (Lipinski definition) is 5. The van der Waals surface area contributed by atoms with E-state index < -0.39 is 5.54 Å². The van der Waals surface area contributed by atoms with E-state index in [0.717, 1.165) is 5.56 Å². The van der Waals surface area contributed by atoms with Crippen LogP contribution in [0.1, 0.15) is 18.9 Å². The zero-order chi connectivity index (χ0) is 13.8. The van der Waals surface area contributed by atoms with Gasteiger partial charge in [0.05, 0.1) is 33.3 Å². The first-order chi connectivity index (χ1) is 8.44. The Morgan fingerprint density at radius 2 is 1.94 bits per heavy atom. The third-order valence-electron chi connectivity index (χ3n) is 2.76. The normalized spacial score (nSPS) is 13.6. The molecule has 1 rings (SSSR count). The average molecular weight is 253 g/mol. The van der Waals surface area contributed by atoms with Crippen molar-refractivity contribution in [3.63, 3.8) is 0 Å². The van der Waals surface area contributed by atoms with Crippen molar-refractivity contribution in [2.75, 3.05) is 21.3 Å². The van der Waals surface area contributed by atoms with E-state index in [9.17, 15) is 4.79 Å². The number of carbonyl (C=O) groups excluding carboxylic acids is 1. The van der Waals surface area contributed by atoms with Crippen LogP contribution in [0.15, 0.2) is 18.2 Å². The topological polar surface area (TPSA) is 70.8 Å². The molecule has 0 heterocycles. The molecule has 2 N–H and O–H groups in total. The maximum Gasteiger partial charge on any atom is 0.307 e. The summed E-state index contributed by atoms with van der Waals surface area (Å²) in [6.07, 6.45) is 0.0756. The summed E-state index contributed by atoms with van der Waals surface area (Å²) in [4.78, 5) is 11.4. The van der Waals surface area contributed by atoms with Gasteiger partial charge in [0.25, 0.3) is 0 Å². The highest BCUT2D eigenvalue weighted by Gasteiger charge is 2.28. The third-order valence-corrected chi connectivity index (χ3v) is 2.76. The first-order valence-corrected chi connectivity index (χ1v) is 5.53. The molecule has 0 aliphatic heterocycles. The molecule has 1 aromatic carbocycles. The van der Waals surface area contributed by atoms with Crippen molar-refractivity contribution >= 4 is 5.97 Å². The van der Waals surface area contributed by atoms with E-state index in [2.05, 4.69) is 4.74 Å². The van der Waals surface area contributed by atoms with E-state index >= 15 is 0 Å². The number of ether oxygens (including phenoxy) is 3. The van der Waals surface area contributed by atoms with Crippen LogP contribution in [0.2, 0.25) is 0 Å². The zero-order valence-corrected chi connectivity index (χ0v) is 11.1. The van der Waals surface area contributed by atoms with E-state index in [1.54, 1.807) is 39.3 Å². The van der Waals surface area contributed by atoms with Gasteiger partial charge >= 0.3 is 5.97 Å². The van der Waals surface area contributed by atoms with Gasteiger partial charge in [-0.25, -0.2) is 0 Å². The van der Waals surface area contributed by atoms with Crippen LogP contribution in [-0.4, -0.2) is 27.3 Å². The van der Waals surface area contributed by atoms with Crippen molar-refractivity contribution in [3.05, 3.63) is 23.8 Å². The average Bonchev–Trinajstić information content (AvgIpc) is 2.37. The molecule has 5 heteroatoms. The van der Waals surface area contributed by atoms with Crippen LogP contribution in [0.25, 0.3) is 0 Å². The molecule has 0 fully saturated rings. The fourth-order valence-corrected chi connectivity index (χ4v) is 1.74. The fraction of sp³-hybridized carbons (Fsp3) is 0.462. The predicted molar refractivity (Wildman–Crippen MR) is 67.7 cm³/mol. The summed E-state index contributed by atoms with van der Waals surface area (Å²) in [7, 11) is 4.46. The molecule has 0 amide bonds. The molecule has 0 saturated carbocycles. The first kappa shape index (κ1) is 14.3. The van der Waals surface area contributed by atoms with Crippen molar-refractivity contribution in [2.24, 2.45) is 5.73 Å². The van der Waals surface area contributed by atoms with Gasteiger partial charge in [0.15, 0.2) is 0 Å². The molecule has 0 radical (unpaired) electrons. The Morgan fingerprint density at radius 3 is 2.44 bits per heavy atom. The van der Waals surface area contributed by atoms with Gasteiger partial charge in [0, 0.05) is 11.6 Å². The Labute approximate surface area is 107 Å². The lowest BCUT2D eigenvalue weighted by atomic mass is 9.89. The molecule has 0 spiro atoms. The third kappa shape index (κ3) is 3.13. The van der Waals surface area contributed by atoms with Crippen LogP contribution in [-0.2, 0) is 15.1 Å². The molecule has 0 aliphatic rings. The molecule has 1 unspecified atom stereocenters. The first-order valence-electron chi connectivity index (χ1n) is 5.53. The summed E-state index contributed by atoms with van der Waals surface area (Å²) in [5.41, 5.74) is 6.04. The molecule has 0 bridgehead atoms. The van der Waals surface area contributed by atoms with E-state index in [4.69, 9.17) is 15.2 Å². The quantitative estimate of drug-likeness (QED) is 0.804. The Kier molecular flexibility index (Phi) is 4.55. The molecular weight excluding hydrogens is 234 g/mol. The molecule has 1 atom stereocenters. The minimum atomic E-state index is -0.856. The SMILES string of the molecule is COC(=O)CC(C)(N)c1ccc(OC)cc1OC. The Hall–Kier alpha value is -1.75. The van der Waals surface area contributed by atoms with Gasteiger partial charge < -0.3 is 19.9 Å². The Morgan fingerprint density at radius 1 is 1.28 bits per heavy atom. The van der Waals surface area contributed by atoms with Crippen molar-refractivity contribution in [2.45, 2.75) is 18.9 Å². The minimum Gasteiger partial charge on any atom is -0.497 e. The van der Waals surface area contributed by atoms with Crippen LogP contribution >= 0.6 is 0 Å². The van der Waals surface area contributed by atoms with Gasteiger partial charge in [-0.1, -0.05) is 0 Å². The van der Waals surface area contributed by atoms with Gasteiger partial charge in [-0.05, 0) is 19.1 Å². The summed E-state index contributed by atoms with van der Waals surface area (Å²) in [5.74, 6) is 0.894. The number of methoxy groups -OCH3 is 3. The van der Waals surface area contributed by atoms with E-state index in [1.165, 1.54) is 7.11 Å². The van der Waals surface area contributed by atoms with E-state index in [1.807, 2.05) is 0 Å². The van der Waals surface area contributed by atoms with Crippen LogP contribution in [0.5, 0.6) is 11.5 Å². The van der Waals surface area contributed by atoms with Gasteiger partial charge in [0.2, 0.25) is 0 Å². The smallest absolute Gasteiger partial charge is 0.307 e. The fourth-order valence-electron chi connectivity index (χ4n) is 1.74. The lowest BCUT2D eigenvalue weighted by molar-refractivity contribution is -0.141. The Bertz CT molecular complexity index is 429. The van der Waals surface area contributed by atoms with Gasteiger partial charge in [-0.2, -0.15) is 0 Å². The molecule has 18 heavy (non-hydrogen) atoms. The molecular formula is C13H19NO4. The summed E-state index contributed by atoms with van der Waals surface area (Å²) in [6, 6.07) is 5.30. The van der Waals surface area contributed by atoms with Crippen LogP contribution in [0.3, 0.4) is 0 Å². The number of esters is 1. The second-order valence-corrected chi connectivity index (χ2v) is 4.24. The summed E-state index contributed by atoms with van der Waals surface area (Å²) in [5, 5.41) is 0. The molecule has 1 aromatic rings. The molecule has 100 valence electrons. The van der Waals surface area contributed by atoms with Gasteiger partial charge in [-0.15, -0.1) is 0 Å². The molecule has 0 saturated heterocycles. The number of nitrogens with two attached hydrogens (primary N) is 1. The molecule has 5 nitrogen and oxygen atoms in total. The number of rotatable bonds is 5. The monoisotopic (exact) mass is 253 g/mol. The standard InChI is InChI=1S/C13H19NO4/c1-13(14,8-12(15)18-4)10-6-5-9(16-2)7-11(10)17-3/h5-7H,8,14H2,1-4H3. The second-order valence-electron chi connectivity index (χ2n) is 4.24. The van der Waals surface area contributed by atoms with Crippen molar-refractivity contribution < 1.29 is 19.0 Å². The van der Waals surface area contributed by atoms with Crippen LogP contribution < -0.4 is 15.2 Å².